The van der Waals surface area contributed by atoms with Crippen LogP contribution in [0.4, 0.5) is 0 Å². The predicted molar refractivity (Wildman–Crippen MR) is 89.1 cm³/mol. The normalized spacial score (nSPS) is 11.1. The van der Waals surface area contributed by atoms with E-state index in [1.807, 2.05) is 37.5 Å². The van der Waals surface area contributed by atoms with Crippen molar-refractivity contribution < 1.29 is 0 Å². The van der Waals surface area contributed by atoms with Crippen LogP contribution >= 0.6 is 0 Å². The lowest BCUT2D eigenvalue weighted by atomic mass is 10.1. The summed E-state index contributed by atoms with van der Waals surface area (Å²) in [5, 5.41) is 11.5. The van der Waals surface area contributed by atoms with Crippen molar-refractivity contribution in [2.45, 2.75) is 40.0 Å². The molecule has 0 bridgehead atoms. The Balaban J connectivity index is 1.83. The fourth-order valence-corrected chi connectivity index (χ4v) is 2.68. The third-order valence-corrected chi connectivity index (χ3v) is 3.75. The van der Waals surface area contributed by atoms with Crippen molar-refractivity contribution in [3.05, 3.63) is 52.5 Å². The molecule has 0 saturated carbocycles. The standard InChI is InChI=1S/C17H20N6/c1-11-10-19-23-13(3)9-15(22-17(11)23)5-4-14-8-12(2)20-16(21-14)6-7-18/h7-10,18H,4-6H2,1-3H3. The van der Waals surface area contributed by atoms with Gasteiger partial charge in [0, 0.05) is 41.0 Å². The molecule has 0 fully saturated rings. The number of hydrogen-bond acceptors (Lipinski definition) is 5. The first-order chi connectivity index (χ1) is 11.1. The van der Waals surface area contributed by atoms with Gasteiger partial charge in [0.05, 0.1) is 6.20 Å². The number of nitrogens with zero attached hydrogens (tertiary/aromatic N) is 5. The summed E-state index contributed by atoms with van der Waals surface area (Å²) >= 11 is 0. The molecule has 0 saturated heterocycles. The molecular formula is C17H20N6. The highest BCUT2D eigenvalue weighted by Crippen LogP contribution is 2.13. The molecule has 0 unspecified atom stereocenters. The molecule has 0 atom stereocenters. The van der Waals surface area contributed by atoms with Crippen molar-refractivity contribution in [2.75, 3.05) is 0 Å². The maximum Gasteiger partial charge on any atom is 0.158 e. The maximum atomic E-state index is 7.20. The molecule has 0 amide bonds. The van der Waals surface area contributed by atoms with Gasteiger partial charge in [-0.15, -0.1) is 0 Å². The molecule has 0 radical (unpaired) electrons. The van der Waals surface area contributed by atoms with Crippen molar-refractivity contribution in [1.82, 2.24) is 24.6 Å². The lowest BCUT2D eigenvalue weighted by Crippen LogP contribution is -2.05. The van der Waals surface area contributed by atoms with Gasteiger partial charge in [-0.3, -0.25) is 0 Å². The monoisotopic (exact) mass is 308 g/mol. The van der Waals surface area contributed by atoms with Crippen molar-refractivity contribution in [3.8, 4) is 0 Å². The first-order valence-electron chi connectivity index (χ1n) is 7.70. The van der Waals surface area contributed by atoms with Crippen LogP contribution in [0.3, 0.4) is 0 Å². The van der Waals surface area contributed by atoms with Gasteiger partial charge in [-0.1, -0.05) is 0 Å². The molecule has 6 nitrogen and oxygen atoms in total. The summed E-state index contributed by atoms with van der Waals surface area (Å²) in [4.78, 5) is 13.6. The van der Waals surface area contributed by atoms with Crippen molar-refractivity contribution >= 4 is 11.9 Å². The van der Waals surface area contributed by atoms with E-state index in [1.165, 1.54) is 6.21 Å². The SMILES string of the molecule is Cc1cc(CCc2cc(C)n3ncc(C)c3n2)nc(CC=N)n1. The molecule has 23 heavy (non-hydrogen) atoms. The third kappa shape index (κ3) is 3.26. The average molecular weight is 308 g/mol. The van der Waals surface area contributed by atoms with E-state index in [0.29, 0.717) is 12.2 Å². The molecule has 1 N–H and O–H groups in total. The number of nitrogens with one attached hydrogen (secondary N) is 1. The van der Waals surface area contributed by atoms with Gasteiger partial charge in [0.25, 0.3) is 0 Å². The van der Waals surface area contributed by atoms with E-state index in [-0.39, 0.29) is 0 Å². The van der Waals surface area contributed by atoms with Crippen LogP contribution in [0, 0.1) is 26.2 Å². The van der Waals surface area contributed by atoms with Crippen molar-refractivity contribution in [1.29, 1.82) is 5.41 Å². The smallest absolute Gasteiger partial charge is 0.158 e. The number of aryl methyl sites for hydroxylation is 5. The van der Waals surface area contributed by atoms with Gasteiger partial charge in [-0.05, 0) is 45.7 Å². The second kappa shape index (κ2) is 6.24. The average Bonchev–Trinajstić information content (AvgIpc) is 2.87. The summed E-state index contributed by atoms with van der Waals surface area (Å²) in [5.74, 6) is 0.709. The Hall–Kier alpha value is -2.63. The number of aromatic nitrogens is 5. The predicted octanol–water partition coefficient (Wildman–Crippen LogP) is 2.42. The zero-order valence-corrected chi connectivity index (χ0v) is 13.7. The van der Waals surface area contributed by atoms with Gasteiger partial charge in [-0.2, -0.15) is 5.10 Å². The number of fused-ring (bicyclic) bond motifs is 1. The van der Waals surface area contributed by atoms with Crippen molar-refractivity contribution in [3.63, 3.8) is 0 Å². The minimum atomic E-state index is 0.479. The maximum absolute atomic E-state index is 7.20. The number of hydrogen-bond donors (Lipinski definition) is 1. The summed E-state index contributed by atoms with van der Waals surface area (Å²) in [5.41, 5.74) is 6.08. The summed E-state index contributed by atoms with van der Waals surface area (Å²) in [6.45, 7) is 6.03. The molecule has 118 valence electrons. The summed E-state index contributed by atoms with van der Waals surface area (Å²) in [7, 11) is 0. The Morgan fingerprint density at radius 2 is 1.78 bits per heavy atom. The highest BCUT2D eigenvalue weighted by atomic mass is 15.2. The van der Waals surface area contributed by atoms with E-state index in [2.05, 4.69) is 21.1 Å². The Labute approximate surface area is 135 Å². The Kier molecular flexibility index (Phi) is 4.14. The van der Waals surface area contributed by atoms with Gasteiger partial charge in [0.15, 0.2) is 5.65 Å². The van der Waals surface area contributed by atoms with Crippen LogP contribution in [-0.2, 0) is 19.3 Å². The van der Waals surface area contributed by atoms with E-state index in [9.17, 15) is 0 Å². The second-order valence-corrected chi connectivity index (χ2v) is 5.78. The van der Waals surface area contributed by atoms with E-state index in [1.54, 1.807) is 0 Å². The van der Waals surface area contributed by atoms with Crippen LogP contribution in [0.25, 0.3) is 5.65 Å². The molecule has 0 aliphatic rings. The fraction of sp³-hybridized carbons (Fsp3) is 0.353. The summed E-state index contributed by atoms with van der Waals surface area (Å²) in [6, 6.07) is 4.08. The molecule has 3 aromatic heterocycles. The zero-order valence-electron chi connectivity index (χ0n) is 13.7. The number of rotatable bonds is 5. The van der Waals surface area contributed by atoms with E-state index in [0.717, 1.165) is 46.8 Å². The summed E-state index contributed by atoms with van der Waals surface area (Å²) in [6.07, 6.45) is 5.29. The van der Waals surface area contributed by atoms with Gasteiger partial charge < -0.3 is 5.41 Å². The Bertz CT molecular complexity index is 865. The second-order valence-electron chi connectivity index (χ2n) is 5.78. The third-order valence-electron chi connectivity index (χ3n) is 3.75. The largest absolute Gasteiger partial charge is 0.313 e. The van der Waals surface area contributed by atoms with Crippen LogP contribution in [-0.4, -0.2) is 30.8 Å². The van der Waals surface area contributed by atoms with Gasteiger partial charge >= 0.3 is 0 Å². The van der Waals surface area contributed by atoms with Gasteiger partial charge in [-0.25, -0.2) is 19.5 Å². The zero-order chi connectivity index (χ0) is 16.4. The van der Waals surface area contributed by atoms with Crippen LogP contribution < -0.4 is 0 Å². The Morgan fingerprint density at radius 1 is 1.04 bits per heavy atom. The van der Waals surface area contributed by atoms with E-state index >= 15 is 0 Å². The highest BCUT2D eigenvalue weighted by Gasteiger charge is 2.08. The van der Waals surface area contributed by atoms with Crippen LogP contribution in [0.2, 0.25) is 0 Å². The van der Waals surface area contributed by atoms with Crippen molar-refractivity contribution in [2.24, 2.45) is 0 Å². The molecule has 0 aliphatic carbocycles. The highest BCUT2D eigenvalue weighted by molar-refractivity contribution is 5.55. The fourth-order valence-electron chi connectivity index (χ4n) is 2.68. The van der Waals surface area contributed by atoms with E-state index in [4.69, 9.17) is 10.4 Å². The molecule has 3 heterocycles. The molecule has 0 aliphatic heterocycles. The minimum Gasteiger partial charge on any atom is -0.313 e. The summed E-state index contributed by atoms with van der Waals surface area (Å²) < 4.78 is 1.87. The van der Waals surface area contributed by atoms with Crippen LogP contribution in [0.15, 0.2) is 18.3 Å². The first-order valence-corrected chi connectivity index (χ1v) is 7.70. The molecular weight excluding hydrogens is 288 g/mol. The van der Waals surface area contributed by atoms with Crippen LogP contribution in [0.5, 0.6) is 0 Å². The molecule has 6 heteroatoms. The lowest BCUT2D eigenvalue weighted by molar-refractivity contribution is 0.821. The Morgan fingerprint density at radius 3 is 2.52 bits per heavy atom. The van der Waals surface area contributed by atoms with Gasteiger partial charge in [0.2, 0.25) is 0 Å². The molecule has 3 aromatic rings. The molecule has 3 rings (SSSR count). The lowest BCUT2D eigenvalue weighted by Gasteiger charge is -2.07. The van der Waals surface area contributed by atoms with Gasteiger partial charge in [0.1, 0.15) is 5.82 Å². The quantitative estimate of drug-likeness (QED) is 0.734. The molecule has 0 spiro atoms. The molecule has 0 aromatic carbocycles. The van der Waals surface area contributed by atoms with E-state index < -0.39 is 0 Å². The topological polar surface area (TPSA) is 79.8 Å². The van der Waals surface area contributed by atoms with Crippen LogP contribution in [0.1, 0.15) is 34.2 Å². The first kappa shape index (κ1) is 15.3. The minimum absolute atomic E-state index is 0.479.